The van der Waals surface area contributed by atoms with Gasteiger partial charge in [-0.3, -0.25) is 0 Å². The minimum Gasteiger partial charge on any atom is -0.390 e. The van der Waals surface area contributed by atoms with Crippen LogP contribution in [-0.4, -0.2) is 10.7 Å². The van der Waals surface area contributed by atoms with E-state index in [0.717, 1.165) is 42.4 Å². The first-order valence-electron chi connectivity index (χ1n) is 7.03. The van der Waals surface area contributed by atoms with Gasteiger partial charge in [-0.25, -0.2) is 0 Å². The molecule has 6 atom stereocenters. The molecular weight excluding hydrogens is 196 g/mol. The van der Waals surface area contributed by atoms with Crippen LogP contribution in [0.3, 0.4) is 0 Å². The van der Waals surface area contributed by atoms with E-state index in [2.05, 4.69) is 27.7 Å². The first-order chi connectivity index (χ1) is 7.31. The SMILES string of the molecule is CC1CC2CC(C)(O)CC2C2C(C1)C2(C)C. The van der Waals surface area contributed by atoms with Gasteiger partial charge in [0.25, 0.3) is 0 Å². The number of hydrogen-bond acceptors (Lipinski definition) is 1. The van der Waals surface area contributed by atoms with Gasteiger partial charge in [0.2, 0.25) is 0 Å². The van der Waals surface area contributed by atoms with Crippen molar-refractivity contribution in [3.63, 3.8) is 0 Å². The minimum atomic E-state index is -0.365. The highest BCUT2D eigenvalue weighted by atomic mass is 16.3. The highest BCUT2D eigenvalue weighted by molar-refractivity contribution is 5.13. The van der Waals surface area contributed by atoms with Crippen molar-refractivity contribution in [1.29, 1.82) is 0 Å². The summed E-state index contributed by atoms with van der Waals surface area (Å²) in [7, 11) is 0. The molecule has 1 heteroatoms. The zero-order chi connectivity index (χ0) is 11.7. The maximum Gasteiger partial charge on any atom is 0.0625 e. The molecule has 0 spiro atoms. The van der Waals surface area contributed by atoms with E-state index < -0.39 is 0 Å². The van der Waals surface area contributed by atoms with Gasteiger partial charge in [0, 0.05) is 0 Å². The Hall–Kier alpha value is -0.0400. The average Bonchev–Trinajstić information content (AvgIpc) is 2.53. The molecule has 0 aromatic heterocycles. The van der Waals surface area contributed by atoms with Gasteiger partial charge in [-0.05, 0) is 67.6 Å². The van der Waals surface area contributed by atoms with Crippen molar-refractivity contribution >= 4 is 0 Å². The number of fused-ring (bicyclic) bond motifs is 3. The average molecular weight is 222 g/mol. The Morgan fingerprint density at radius 2 is 1.75 bits per heavy atom. The highest BCUT2D eigenvalue weighted by Crippen LogP contribution is 2.70. The molecular formula is C15H26O. The Kier molecular flexibility index (Phi) is 2.11. The molecule has 1 nitrogen and oxygen atoms in total. The van der Waals surface area contributed by atoms with Crippen molar-refractivity contribution in [2.24, 2.45) is 35.0 Å². The third-order valence-corrected chi connectivity index (χ3v) is 5.94. The normalized spacial score (nSPS) is 58.7. The Morgan fingerprint density at radius 1 is 1.06 bits per heavy atom. The molecule has 0 aromatic rings. The molecule has 3 saturated carbocycles. The van der Waals surface area contributed by atoms with Crippen LogP contribution in [0, 0.1) is 35.0 Å². The molecule has 0 aromatic carbocycles. The molecule has 3 aliphatic rings. The Morgan fingerprint density at radius 3 is 2.44 bits per heavy atom. The van der Waals surface area contributed by atoms with E-state index in [9.17, 15) is 5.11 Å². The molecule has 92 valence electrons. The topological polar surface area (TPSA) is 20.2 Å². The summed E-state index contributed by atoms with van der Waals surface area (Å²) in [5.74, 6) is 4.36. The van der Waals surface area contributed by atoms with E-state index in [4.69, 9.17) is 0 Å². The molecule has 0 amide bonds. The highest BCUT2D eigenvalue weighted by Gasteiger charge is 2.65. The van der Waals surface area contributed by atoms with Gasteiger partial charge in [0.05, 0.1) is 5.60 Å². The van der Waals surface area contributed by atoms with Crippen LogP contribution in [0.1, 0.15) is 53.4 Å². The van der Waals surface area contributed by atoms with Gasteiger partial charge in [-0.15, -0.1) is 0 Å². The lowest BCUT2D eigenvalue weighted by atomic mass is 9.83. The molecule has 3 rings (SSSR count). The van der Waals surface area contributed by atoms with E-state index in [1.807, 2.05) is 0 Å². The summed E-state index contributed by atoms with van der Waals surface area (Å²) in [6.07, 6.45) is 4.92. The summed E-state index contributed by atoms with van der Waals surface area (Å²) in [5, 5.41) is 10.3. The lowest BCUT2D eigenvalue weighted by Crippen LogP contribution is -2.19. The number of rotatable bonds is 0. The van der Waals surface area contributed by atoms with E-state index in [1.165, 1.54) is 12.8 Å². The summed E-state index contributed by atoms with van der Waals surface area (Å²) in [6, 6.07) is 0. The molecule has 1 N–H and O–H groups in total. The zero-order valence-corrected chi connectivity index (χ0v) is 11.2. The van der Waals surface area contributed by atoms with Gasteiger partial charge in [-0.2, -0.15) is 0 Å². The standard InChI is InChI=1S/C15H26O/c1-9-5-10-7-15(4,16)8-11(10)13-12(6-9)14(13,2)3/h9-13,16H,5-8H2,1-4H3. The first-order valence-corrected chi connectivity index (χ1v) is 7.03. The van der Waals surface area contributed by atoms with Crippen LogP contribution in [0.4, 0.5) is 0 Å². The largest absolute Gasteiger partial charge is 0.390 e. The Balaban J connectivity index is 1.87. The van der Waals surface area contributed by atoms with E-state index in [-0.39, 0.29) is 5.60 Å². The number of hydrogen-bond donors (Lipinski definition) is 1. The Bertz CT molecular complexity index is 305. The fourth-order valence-electron chi connectivity index (χ4n) is 5.29. The molecule has 0 saturated heterocycles. The quantitative estimate of drug-likeness (QED) is 0.665. The van der Waals surface area contributed by atoms with Crippen molar-refractivity contribution in [3.8, 4) is 0 Å². The fourth-order valence-corrected chi connectivity index (χ4v) is 5.29. The smallest absolute Gasteiger partial charge is 0.0625 e. The van der Waals surface area contributed by atoms with Crippen LogP contribution in [-0.2, 0) is 0 Å². The van der Waals surface area contributed by atoms with Crippen LogP contribution in [0.2, 0.25) is 0 Å². The monoisotopic (exact) mass is 222 g/mol. The van der Waals surface area contributed by atoms with E-state index >= 15 is 0 Å². The molecule has 0 heterocycles. The lowest BCUT2D eigenvalue weighted by Gasteiger charge is -2.22. The second-order valence-electron chi connectivity index (χ2n) is 7.86. The predicted molar refractivity (Wildman–Crippen MR) is 66.0 cm³/mol. The second-order valence-corrected chi connectivity index (χ2v) is 7.86. The summed E-state index contributed by atoms with van der Waals surface area (Å²) in [4.78, 5) is 0. The van der Waals surface area contributed by atoms with Crippen molar-refractivity contribution < 1.29 is 5.11 Å². The van der Waals surface area contributed by atoms with Crippen LogP contribution in [0.25, 0.3) is 0 Å². The lowest BCUT2D eigenvalue weighted by molar-refractivity contribution is 0.0586. The third kappa shape index (κ3) is 1.47. The second kappa shape index (κ2) is 3.04. The van der Waals surface area contributed by atoms with Gasteiger partial charge >= 0.3 is 0 Å². The van der Waals surface area contributed by atoms with Crippen molar-refractivity contribution in [2.45, 2.75) is 59.0 Å². The molecule has 0 aliphatic heterocycles. The number of aliphatic hydroxyl groups is 1. The molecule has 0 bridgehead atoms. The maximum atomic E-state index is 10.3. The molecule has 6 unspecified atom stereocenters. The van der Waals surface area contributed by atoms with Crippen LogP contribution < -0.4 is 0 Å². The van der Waals surface area contributed by atoms with Gasteiger partial charge < -0.3 is 5.11 Å². The van der Waals surface area contributed by atoms with Crippen molar-refractivity contribution in [3.05, 3.63) is 0 Å². The van der Waals surface area contributed by atoms with E-state index in [0.29, 0.717) is 5.41 Å². The van der Waals surface area contributed by atoms with Crippen molar-refractivity contribution in [1.82, 2.24) is 0 Å². The molecule has 0 radical (unpaired) electrons. The Labute approximate surface area is 99.6 Å². The third-order valence-electron chi connectivity index (χ3n) is 5.94. The molecule has 3 fully saturated rings. The van der Waals surface area contributed by atoms with Crippen LogP contribution in [0.15, 0.2) is 0 Å². The van der Waals surface area contributed by atoms with Crippen molar-refractivity contribution in [2.75, 3.05) is 0 Å². The summed E-state index contributed by atoms with van der Waals surface area (Å²) >= 11 is 0. The molecule has 3 aliphatic carbocycles. The van der Waals surface area contributed by atoms with Crippen LogP contribution >= 0.6 is 0 Å². The zero-order valence-electron chi connectivity index (χ0n) is 11.2. The summed E-state index contributed by atoms with van der Waals surface area (Å²) in [6.45, 7) is 9.37. The van der Waals surface area contributed by atoms with E-state index in [1.54, 1.807) is 0 Å². The predicted octanol–water partition coefficient (Wildman–Crippen LogP) is 3.47. The fraction of sp³-hybridized carbons (Fsp3) is 1.00. The van der Waals surface area contributed by atoms with Crippen LogP contribution in [0.5, 0.6) is 0 Å². The molecule has 16 heavy (non-hydrogen) atoms. The summed E-state index contributed by atoms with van der Waals surface area (Å²) < 4.78 is 0. The first kappa shape index (κ1) is 11.1. The van der Waals surface area contributed by atoms with Gasteiger partial charge in [0.1, 0.15) is 0 Å². The maximum absolute atomic E-state index is 10.3. The summed E-state index contributed by atoms with van der Waals surface area (Å²) in [5.41, 5.74) is 0.202. The van der Waals surface area contributed by atoms with Gasteiger partial charge in [-0.1, -0.05) is 20.8 Å². The minimum absolute atomic E-state index is 0.365. The van der Waals surface area contributed by atoms with Gasteiger partial charge in [0.15, 0.2) is 0 Å².